The van der Waals surface area contributed by atoms with Gasteiger partial charge in [0, 0.05) is 6.42 Å². The molecule has 0 spiro atoms. The smallest absolute Gasteiger partial charge is 0.423 e. The topological polar surface area (TPSA) is 55.8 Å². The molecular formula is C8H12F3NO4S. The number of nitrogens with zero attached hydrogens (tertiary/aromatic N) is 1. The van der Waals surface area contributed by atoms with E-state index in [1.54, 1.807) is 0 Å². The second-order valence-electron chi connectivity index (χ2n) is 3.45. The van der Waals surface area contributed by atoms with E-state index in [0.717, 1.165) is 0 Å². The summed E-state index contributed by atoms with van der Waals surface area (Å²) in [6, 6.07) is -0.866. The highest BCUT2D eigenvalue weighted by Crippen LogP contribution is 2.32. The highest BCUT2D eigenvalue weighted by atomic mass is 32.2. The first-order valence-electron chi connectivity index (χ1n) is 4.89. The minimum absolute atomic E-state index is 0.0436. The Kier molecular flexibility index (Phi) is 4.36. The van der Waals surface area contributed by atoms with Gasteiger partial charge < -0.3 is 4.74 Å². The average Bonchev–Trinajstić information content (AvgIpc) is 2.15. The molecule has 1 rings (SSSR count). The number of hydrogen-bond acceptors (Lipinski definition) is 4. The molecule has 5 nitrogen and oxygen atoms in total. The van der Waals surface area contributed by atoms with Crippen molar-refractivity contribution in [3.8, 4) is 0 Å². The minimum atomic E-state index is -4.59. The van der Waals surface area contributed by atoms with Crippen LogP contribution in [0.2, 0.25) is 0 Å². The van der Waals surface area contributed by atoms with Crippen LogP contribution in [0.4, 0.5) is 18.0 Å². The molecule has 1 aliphatic heterocycles. The van der Waals surface area contributed by atoms with Crippen molar-refractivity contribution in [3.05, 3.63) is 0 Å². The van der Waals surface area contributed by atoms with Crippen molar-refractivity contribution in [1.82, 2.24) is 4.31 Å². The Morgan fingerprint density at radius 1 is 1.59 bits per heavy atom. The number of halogens is 3. The molecular weight excluding hydrogens is 263 g/mol. The first-order chi connectivity index (χ1) is 7.77. The van der Waals surface area contributed by atoms with Crippen LogP contribution in [0.25, 0.3) is 0 Å². The summed E-state index contributed by atoms with van der Waals surface area (Å²) in [5.41, 5.74) is 0. The maximum absolute atomic E-state index is 12.4. The number of alkyl halides is 3. The van der Waals surface area contributed by atoms with E-state index < -0.39 is 42.1 Å². The van der Waals surface area contributed by atoms with Gasteiger partial charge in [-0.25, -0.2) is 13.3 Å². The van der Waals surface area contributed by atoms with E-state index in [2.05, 4.69) is 8.92 Å². The Bertz CT molecular complexity index is 322. The molecule has 0 N–H and O–H groups in total. The van der Waals surface area contributed by atoms with Crippen LogP contribution >= 0.6 is 0 Å². The van der Waals surface area contributed by atoms with Gasteiger partial charge in [-0.3, -0.25) is 4.18 Å². The molecule has 0 bridgehead atoms. The SMILES string of the molecule is CCOC(=O)N1[C@@H](C)C[C@@H](C(F)(F)F)OS1=O. The predicted octanol–water partition coefficient (Wildman–Crippen LogP) is 1.76. The third-order valence-corrected chi connectivity index (χ3v) is 3.35. The molecule has 9 heteroatoms. The van der Waals surface area contributed by atoms with E-state index in [4.69, 9.17) is 0 Å². The Hall–Kier alpha value is -0.830. The summed E-state index contributed by atoms with van der Waals surface area (Å²) < 4.78 is 58.0. The minimum Gasteiger partial charge on any atom is -0.449 e. The fourth-order valence-corrected chi connectivity index (χ4v) is 2.39. The highest BCUT2D eigenvalue weighted by Gasteiger charge is 2.49. The predicted molar refractivity (Wildman–Crippen MR) is 52.0 cm³/mol. The molecule has 1 fully saturated rings. The zero-order valence-corrected chi connectivity index (χ0v) is 10.0. The van der Waals surface area contributed by atoms with Crippen LogP contribution in [-0.4, -0.2) is 39.5 Å². The molecule has 1 unspecified atom stereocenters. The monoisotopic (exact) mass is 275 g/mol. The molecule has 0 saturated carbocycles. The van der Waals surface area contributed by atoms with Gasteiger partial charge in [-0.1, -0.05) is 0 Å². The lowest BCUT2D eigenvalue weighted by Crippen LogP contribution is -2.51. The first-order valence-corrected chi connectivity index (χ1v) is 5.92. The lowest BCUT2D eigenvalue weighted by Gasteiger charge is -2.35. The number of amides is 1. The van der Waals surface area contributed by atoms with E-state index in [0.29, 0.717) is 4.31 Å². The molecule has 1 saturated heterocycles. The number of carbonyl (C=O) groups is 1. The van der Waals surface area contributed by atoms with Crippen LogP contribution in [0.1, 0.15) is 20.3 Å². The average molecular weight is 275 g/mol. The molecule has 0 aliphatic carbocycles. The number of carbonyl (C=O) groups excluding carboxylic acids is 1. The Morgan fingerprint density at radius 3 is 2.59 bits per heavy atom. The molecule has 0 radical (unpaired) electrons. The molecule has 3 atom stereocenters. The van der Waals surface area contributed by atoms with Gasteiger partial charge in [0.25, 0.3) is 11.3 Å². The fraction of sp³-hybridized carbons (Fsp3) is 0.875. The summed E-state index contributed by atoms with van der Waals surface area (Å²) in [6.07, 6.45) is -8.12. The summed E-state index contributed by atoms with van der Waals surface area (Å²) in [5.74, 6) is 0. The summed E-state index contributed by atoms with van der Waals surface area (Å²) in [7, 11) is 0. The summed E-state index contributed by atoms with van der Waals surface area (Å²) in [4.78, 5) is 11.3. The van der Waals surface area contributed by atoms with E-state index >= 15 is 0 Å². The van der Waals surface area contributed by atoms with Crippen molar-refractivity contribution >= 4 is 17.4 Å². The normalized spacial score (nSPS) is 30.2. The van der Waals surface area contributed by atoms with Crippen molar-refractivity contribution < 1.29 is 31.1 Å². The fourth-order valence-electron chi connectivity index (χ4n) is 1.35. The lowest BCUT2D eigenvalue weighted by molar-refractivity contribution is -0.201. The lowest BCUT2D eigenvalue weighted by atomic mass is 10.1. The van der Waals surface area contributed by atoms with Crippen molar-refractivity contribution in [2.45, 2.75) is 38.6 Å². The maximum atomic E-state index is 12.4. The first kappa shape index (κ1) is 14.2. The van der Waals surface area contributed by atoms with Crippen LogP contribution in [0.3, 0.4) is 0 Å². The Morgan fingerprint density at radius 2 is 2.18 bits per heavy atom. The zero-order valence-electron chi connectivity index (χ0n) is 9.19. The summed E-state index contributed by atoms with van der Waals surface area (Å²) >= 11 is -2.48. The highest BCUT2D eigenvalue weighted by molar-refractivity contribution is 7.78. The Balaban J connectivity index is 2.76. The van der Waals surface area contributed by atoms with E-state index in [9.17, 15) is 22.2 Å². The largest absolute Gasteiger partial charge is 0.449 e. The van der Waals surface area contributed by atoms with Crippen LogP contribution in [-0.2, 0) is 20.2 Å². The van der Waals surface area contributed by atoms with Gasteiger partial charge in [-0.15, -0.1) is 0 Å². The molecule has 1 heterocycles. The molecule has 0 aromatic rings. The number of rotatable bonds is 1. The zero-order chi connectivity index (χ0) is 13.2. The van der Waals surface area contributed by atoms with Gasteiger partial charge in [0.2, 0.25) is 0 Å². The van der Waals surface area contributed by atoms with Gasteiger partial charge in [0.05, 0.1) is 12.6 Å². The Labute approximate surface area is 98.7 Å². The van der Waals surface area contributed by atoms with Crippen molar-refractivity contribution in [2.24, 2.45) is 0 Å². The molecule has 0 aromatic heterocycles. The van der Waals surface area contributed by atoms with E-state index in [1.165, 1.54) is 13.8 Å². The second-order valence-corrected chi connectivity index (χ2v) is 4.47. The van der Waals surface area contributed by atoms with Gasteiger partial charge in [-0.05, 0) is 13.8 Å². The third kappa shape index (κ3) is 3.32. The standard InChI is InChI=1S/C8H12F3NO4S/c1-3-15-7(13)12-5(2)4-6(8(9,10)11)16-17(12)14/h5-6H,3-4H2,1-2H3/t5-,6-,17?/m0/s1. The van der Waals surface area contributed by atoms with Crippen LogP contribution < -0.4 is 0 Å². The quantitative estimate of drug-likeness (QED) is 0.731. The van der Waals surface area contributed by atoms with E-state index in [1.807, 2.05) is 0 Å². The van der Waals surface area contributed by atoms with E-state index in [-0.39, 0.29) is 6.61 Å². The second kappa shape index (κ2) is 5.21. The summed E-state index contributed by atoms with van der Waals surface area (Å²) in [6.45, 7) is 2.94. The number of ether oxygens (including phenoxy) is 1. The van der Waals surface area contributed by atoms with Gasteiger partial charge >= 0.3 is 12.3 Å². The molecule has 100 valence electrons. The molecule has 0 aromatic carbocycles. The van der Waals surface area contributed by atoms with Crippen LogP contribution in [0.15, 0.2) is 0 Å². The molecule has 1 amide bonds. The van der Waals surface area contributed by atoms with Crippen molar-refractivity contribution in [3.63, 3.8) is 0 Å². The molecule has 1 aliphatic rings. The number of hydrogen-bond donors (Lipinski definition) is 0. The van der Waals surface area contributed by atoms with Crippen molar-refractivity contribution in [1.29, 1.82) is 0 Å². The van der Waals surface area contributed by atoms with Gasteiger partial charge in [0.1, 0.15) is 0 Å². The third-order valence-electron chi connectivity index (χ3n) is 2.13. The van der Waals surface area contributed by atoms with Crippen LogP contribution in [0.5, 0.6) is 0 Å². The van der Waals surface area contributed by atoms with Crippen molar-refractivity contribution in [2.75, 3.05) is 6.61 Å². The van der Waals surface area contributed by atoms with Gasteiger partial charge in [0.15, 0.2) is 6.10 Å². The van der Waals surface area contributed by atoms with Crippen LogP contribution in [0, 0.1) is 0 Å². The van der Waals surface area contributed by atoms with Gasteiger partial charge in [-0.2, -0.15) is 13.2 Å². The maximum Gasteiger partial charge on any atom is 0.423 e. The summed E-state index contributed by atoms with van der Waals surface area (Å²) in [5, 5.41) is 0. The molecule has 17 heavy (non-hydrogen) atoms.